The molecule has 1 heterocycles. The largest absolute Gasteiger partial charge is 0.338 e. The Morgan fingerprint density at radius 1 is 1.11 bits per heavy atom. The highest BCUT2D eigenvalue weighted by Gasteiger charge is 2.06. The number of nitrogens with zero attached hydrogens (tertiary/aromatic N) is 2. The molecule has 4 N–H and O–H groups in total. The summed E-state index contributed by atoms with van der Waals surface area (Å²) in [5.41, 5.74) is 5.77. The molecule has 0 unspecified atom stereocenters. The van der Waals surface area contributed by atoms with E-state index in [-0.39, 0.29) is 0 Å². The van der Waals surface area contributed by atoms with Gasteiger partial charge in [0.2, 0.25) is 0 Å². The molecule has 0 fully saturated rings. The maximum atomic E-state index is 5.31. The zero-order valence-corrected chi connectivity index (χ0v) is 11.7. The van der Waals surface area contributed by atoms with Crippen LogP contribution in [0.1, 0.15) is 11.1 Å². The van der Waals surface area contributed by atoms with Gasteiger partial charge in [0, 0.05) is 10.2 Å². The first-order chi connectivity index (χ1) is 8.60. The van der Waals surface area contributed by atoms with Crippen LogP contribution in [0.4, 0.5) is 17.3 Å². The average Bonchev–Trinajstić information content (AvgIpc) is 2.34. The van der Waals surface area contributed by atoms with Gasteiger partial charge >= 0.3 is 0 Å². The number of hydrazine groups is 1. The van der Waals surface area contributed by atoms with Crippen LogP contribution in [0.2, 0.25) is 0 Å². The van der Waals surface area contributed by atoms with E-state index in [1.165, 1.54) is 0 Å². The van der Waals surface area contributed by atoms with Crippen molar-refractivity contribution in [2.24, 2.45) is 5.84 Å². The summed E-state index contributed by atoms with van der Waals surface area (Å²) in [7, 11) is 0. The van der Waals surface area contributed by atoms with E-state index in [2.05, 4.69) is 36.6 Å². The second-order valence-electron chi connectivity index (χ2n) is 3.97. The van der Waals surface area contributed by atoms with Crippen molar-refractivity contribution in [3.8, 4) is 0 Å². The number of rotatable bonds is 3. The summed E-state index contributed by atoms with van der Waals surface area (Å²) in [6.07, 6.45) is 3.22. The summed E-state index contributed by atoms with van der Waals surface area (Å²) in [6.45, 7) is 4.08. The Morgan fingerprint density at radius 3 is 2.33 bits per heavy atom. The van der Waals surface area contributed by atoms with Gasteiger partial charge in [-0.25, -0.2) is 10.8 Å². The Hall–Kier alpha value is -1.66. The molecule has 6 heteroatoms. The number of benzene rings is 1. The lowest BCUT2D eigenvalue weighted by atomic mass is 10.1. The topological polar surface area (TPSA) is 75.9 Å². The third kappa shape index (κ3) is 2.77. The minimum Gasteiger partial charge on any atom is -0.338 e. The molecule has 0 aliphatic carbocycles. The second-order valence-corrected chi connectivity index (χ2v) is 4.89. The van der Waals surface area contributed by atoms with Gasteiger partial charge in [-0.3, -0.25) is 4.98 Å². The zero-order chi connectivity index (χ0) is 13.1. The van der Waals surface area contributed by atoms with Crippen molar-refractivity contribution in [2.75, 3.05) is 10.7 Å². The van der Waals surface area contributed by atoms with Gasteiger partial charge in [0.1, 0.15) is 0 Å². The summed E-state index contributed by atoms with van der Waals surface area (Å²) in [4.78, 5) is 8.32. The summed E-state index contributed by atoms with van der Waals surface area (Å²) in [5.74, 6) is 6.48. The molecule has 18 heavy (non-hydrogen) atoms. The van der Waals surface area contributed by atoms with Crippen molar-refractivity contribution in [3.05, 3.63) is 40.1 Å². The molecule has 1 aromatic heterocycles. The fourth-order valence-electron chi connectivity index (χ4n) is 1.73. The van der Waals surface area contributed by atoms with Crippen molar-refractivity contribution in [2.45, 2.75) is 13.8 Å². The number of hydrogen-bond acceptors (Lipinski definition) is 5. The third-order valence-corrected chi connectivity index (χ3v) is 2.99. The zero-order valence-electron chi connectivity index (χ0n) is 10.2. The van der Waals surface area contributed by atoms with E-state index < -0.39 is 0 Å². The molecule has 94 valence electrons. The fraction of sp³-hybridized carbons (Fsp3) is 0.167. The van der Waals surface area contributed by atoms with Crippen LogP contribution >= 0.6 is 15.9 Å². The molecule has 0 aliphatic rings. The third-order valence-electron chi connectivity index (χ3n) is 2.53. The Labute approximate surface area is 114 Å². The molecule has 0 spiro atoms. The molecule has 2 rings (SSSR count). The van der Waals surface area contributed by atoms with Gasteiger partial charge in [-0.05, 0) is 37.1 Å². The standard InChI is InChI=1S/C12H14BrN5/c1-7-3-9(13)4-8(2)12(7)17-10-5-15-6-11(16-10)18-14/h3-6H,14H2,1-2H3,(H2,16,17,18). The lowest BCUT2D eigenvalue weighted by Crippen LogP contribution is -2.10. The van der Waals surface area contributed by atoms with E-state index in [9.17, 15) is 0 Å². The molecule has 5 nitrogen and oxygen atoms in total. The highest BCUT2D eigenvalue weighted by molar-refractivity contribution is 9.10. The van der Waals surface area contributed by atoms with Crippen LogP contribution in [0, 0.1) is 13.8 Å². The van der Waals surface area contributed by atoms with E-state index in [1.54, 1.807) is 12.4 Å². The van der Waals surface area contributed by atoms with Crippen molar-refractivity contribution >= 4 is 33.3 Å². The van der Waals surface area contributed by atoms with Gasteiger partial charge in [-0.1, -0.05) is 15.9 Å². The van der Waals surface area contributed by atoms with Crippen LogP contribution in [-0.2, 0) is 0 Å². The first-order valence-corrected chi connectivity index (χ1v) is 6.22. The molecule has 2 aromatic rings. The van der Waals surface area contributed by atoms with Crippen LogP contribution < -0.4 is 16.6 Å². The molecule has 0 aliphatic heterocycles. The van der Waals surface area contributed by atoms with Gasteiger partial charge in [0.05, 0.1) is 12.4 Å². The van der Waals surface area contributed by atoms with Crippen molar-refractivity contribution in [1.82, 2.24) is 9.97 Å². The van der Waals surface area contributed by atoms with E-state index in [1.807, 2.05) is 26.0 Å². The van der Waals surface area contributed by atoms with E-state index >= 15 is 0 Å². The summed E-state index contributed by atoms with van der Waals surface area (Å²) in [6, 6.07) is 4.10. The van der Waals surface area contributed by atoms with Gasteiger partial charge < -0.3 is 10.7 Å². The molecule has 0 bridgehead atoms. The molecule has 0 saturated heterocycles. The summed E-state index contributed by atoms with van der Waals surface area (Å²) >= 11 is 3.47. The number of aryl methyl sites for hydroxylation is 2. The number of hydrogen-bond donors (Lipinski definition) is 3. The Morgan fingerprint density at radius 2 is 1.72 bits per heavy atom. The van der Waals surface area contributed by atoms with Crippen LogP contribution in [0.5, 0.6) is 0 Å². The smallest absolute Gasteiger partial charge is 0.160 e. The van der Waals surface area contributed by atoms with Gasteiger partial charge in [-0.2, -0.15) is 0 Å². The van der Waals surface area contributed by atoms with E-state index in [0.29, 0.717) is 11.6 Å². The average molecular weight is 308 g/mol. The van der Waals surface area contributed by atoms with Crippen LogP contribution in [0.15, 0.2) is 29.0 Å². The number of nitrogens with two attached hydrogens (primary N) is 1. The quantitative estimate of drug-likeness (QED) is 0.600. The normalized spacial score (nSPS) is 10.2. The van der Waals surface area contributed by atoms with Crippen molar-refractivity contribution in [3.63, 3.8) is 0 Å². The summed E-state index contributed by atoms with van der Waals surface area (Å²) in [5, 5.41) is 3.25. The maximum absolute atomic E-state index is 5.31. The van der Waals surface area contributed by atoms with Gasteiger partial charge in [0.15, 0.2) is 11.6 Å². The second kappa shape index (κ2) is 5.32. The SMILES string of the molecule is Cc1cc(Br)cc(C)c1Nc1cncc(NN)n1. The molecule has 0 amide bonds. The van der Waals surface area contributed by atoms with Crippen LogP contribution in [-0.4, -0.2) is 9.97 Å². The molecule has 0 saturated carbocycles. The number of anilines is 3. The highest BCUT2D eigenvalue weighted by Crippen LogP contribution is 2.27. The van der Waals surface area contributed by atoms with E-state index in [4.69, 9.17) is 5.84 Å². The number of nitrogens with one attached hydrogen (secondary N) is 2. The predicted molar refractivity (Wildman–Crippen MR) is 76.7 cm³/mol. The fourth-order valence-corrected chi connectivity index (χ4v) is 2.42. The first-order valence-electron chi connectivity index (χ1n) is 5.42. The highest BCUT2D eigenvalue weighted by atomic mass is 79.9. The molecular weight excluding hydrogens is 294 g/mol. The molecular formula is C12H14BrN5. The number of aromatic nitrogens is 2. The Bertz CT molecular complexity index is 547. The van der Waals surface area contributed by atoms with Crippen molar-refractivity contribution in [1.29, 1.82) is 0 Å². The van der Waals surface area contributed by atoms with E-state index in [0.717, 1.165) is 21.3 Å². The van der Waals surface area contributed by atoms with Gasteiger partial charge in [0.25, 0.3) is 0 Å². The predicted octanol–water partition coefficient (Wildman–Crippen LogP) is 2.89. The van der Waals surface area contributed by atoms with Crippen LogP contribution in [0.3, 0.4) is 0 Å². The minimum absolute atomic E-state index is 0.521. The minimum atomic E-state index is 0.521. The maximum Gasteiger partial charge on any atom is 0.160 e. The molecule has 0 atom stereocenters. The number of halogens is 1. The number of nitrogen functional groups attached to an aromatic ring is 1. The Balaban J connectivity index is 2.33. The Kier molecular flexibility index (Phi) is 3.78. The van der Waals surface area contributed by atoms with Gasteiger partial charge in [-0.15, -0.1) is 0 Å². The monoisotopic (exact) mass is 307 g/mol. The lowest BCUT2D eigenvalue weighted by molar-refractivity contribution is 1.15. The molecule has 1 aromatic carbocycles. The summed E-state index contributed by atoms with van der Waals surface area (Å²) < 4.78 is 1.06. The molecule has 0 radical (unpaired) electrons. The van der Waals surface area contributed by atoms with Crippen LogP contribution in [0.25, 0.3) is 0 Å². The lowest BCUT2D eigenvalue weighted by Gasteiger charge is -2.13. The van der Waals surface area contributed by atoms with Crippen molar-refractivity contribution < 1.29 is 0 Å². The first kappa shape index (κ1) is 12.8.